The van der Waals surface area contributed by atoms with Crippen LogP contribution in [0.1, 0.15) is 0 Å². The number of hydrogen-bond acceptors (Lipinski definition) is 8. The summed E-state index contributed by atoms with van der Waals surface area (Å²) in [6.07, 6.45) is 7.53. The number of para-hydroxylation sites is 4. The fraction of sp³-hybridized carbons (Fsp3) is 0. The zero-order valence-electron chi connectivity index (χ0n) is 34.2. The monoisotopic (exact) mass is 818 g/mol. The van der Waals surface area contributed by atoms with E-state index < -0.39 is 0 Å². The molecule has 0 atom stereocenters. The van der Waals surface area contributed by atoms with Crippen LogP contribution in [0.3, 0.4) is 0 Å². The fourth-order valence-corrected chi connectivity index (χ4v) is 8.21. The first-order valence-corrected chi connectivity index (χ1v) is 21.0. The fourth-order valence-electron chi connectivity index (χ4n) is 8.21. The van der Waals surface area contributed by atoms with E-state index in [2.05, 4.69) is 97.1 Å². The van der Waals surface area contributed by atoms with Crippen molar-refractivity contribution in [2.45, 2.75) is 0 Å². The number of fused-ring (bicyclic) bond motifs is 4. The largest absolute Gasteiger partial charge is 0.256 e. The summed E-state index contributed by atoms with van der Waals surface area (Å²) in [6, 6.07) is 61.8. The van der Waals surface area contributed by atoms with Gasteiger partial charge in [0.1, 0.15) is 0 Å². The summed E-state index contributed by atoms with van der Waals surface area (Å²) >= 11 is 0. The van der Waals surface area contributed by atoms with Crippen molar-refractivity contribution in [2.75, 3.05) is 0 Å². The lowest BCUT2D eigenvalue weighted by atomic mass is 10.0. The van der Waals surface area contributed by atoms with Crippen molar-refractivity contribution in [1.29, 1.82) is 0 Å². The van der Waals surface area contributed by atoms with Gasteiger partial charge in [-0.15, -0.1) is 0 Å². The Labute approximate surface area is 367 Å². The zero-order chi connectivity index (χ0) is 42.4. The molecule has 8 nitrogen and oxygen atoms in total. The predicted molar refractivity (Wildman–Crippen MR) is 257 cm³/mol. The molecule has 12 aromatic rings. The van der Waals surface area contributed by atoms with Gasteiger partial charge < -0.3 is 0 Å². The minimum Gasteiger partial charge on any atom is -0.256 e. The summed E-state index contributed by atoms with van der Waals surface area (Å²) in [6.45, 7) is 0. The van der Waals surface area contributed by atoms with Crippen LogP contribution in [0.25, 0.3) is 123 Å². The van der Waals surface area contributed by atoms with Crippen LogP contribution in [-0.4, -0.2) is 39.9 Å². The van der Waals surface area contributed by atoms with Gasteiger partial charge in [-0.25, -0.2) is 19.9 Å². The molecule has 8 heteroatoms. The standard InChI is InChI=1S/C56H34N8/c1-5-13-47-39(9-1)25-43(31-57-47)51-29-52(44-26-40-10-2-6-14-48(40)58-32-44)62-55(61-51)37-21-17-35(18-22-37)36-19-23-38(24-20-36)56-63-53(45-27-41-11-3-7-15-49(41)59-33-45)30-54(64-56)46-28-42-12-4-8-16-50(42)60-34-46/h1-34H. The van der Waals surface area contributed by atoms with Gasteiger partial charge in [-0.3, -0.25) is 19.9 Å². The maximum Gasteiger partial charge on any atom is 0.160 e. The molecule has 0 amide bonds. The topological polar surface area (TPSA) is 103 Å². The molecule has 0 spiro atoms. The molecule has 298 valence electrons. The molecule has 0 fully saturated rings. The third-order valence-corrected chi connectivity index (χ3v) is 11.6. The van der Waals surface area contributed by atoms with Gasteiger partial charge in [0.05, 0.1) is 44.8 Å². The number of benzene rings is 6. The van der Waals surface area contributed by atoms with Crippen molar-refractivity contribution in [1.82, 2.24) is 39.9 Å². The number of nitrogens with zero attached hydrogens (tertiary/aromatic N) is 8. The van der Waals surface area contributed by atoms with Crippen molar-refractivity contribution in [3.63, 3.8) is 0 Å². The second-order valence-electron chi connectivity index (χ2n) is 15.7. The van der Waals surface area contributed by atoms with Gasteiger partial charge >= 0.3 is 0 Å². The molecule has 0 saturated heterocycles. The van der Waals surface area contributed by atoms with Crippen molar-refractivity contribution >= 4 is 43.6 Å². The number of pyridine rings is 4. The average molecular weight is 819 g/mol. The Morgan fingerprint density at radius 3 is 0.750 bits per heavy atom. The maximum absolute atomic E-state index is 5.11. The van der Waals surface area contributed by atoms with Crippen LogP contribution in [-0.2, 0) is 0 Å². The van der Waals surface area contributed by atoms with E-state index >= 15 is 0 Å². The SMILES string of the molecule is c1ccc2ncc(-c3cc(-c4cnc5ccccc5c4)nc(-c4ccc(-c5ccc(-c6nc(-c7cnc8ccccc8c7)cc(-c7cnc8ccccc8c7)n6)cc5)cc4)n3)cc2c1. The first-order valence-electron chi connectivity index (χ1n) is 21.0. The minimum absolute atomic E-state index is 0.617. The van der Waals surface area contributed by atoms with Gasteiger partial charge in [0.2, 0.25) is 0 Å². The van der Waals surface area contributed by atoms with Crippen molar-refractivity contribution in [2.24, 2.45) is 0 Å². The van der Waals surface area contributed by atoms with Crippen LogP contribution in [0, 0.1) is 0 Å². The van der Waals surface area contributed by atoms with E-state index in [-0.39, 0.29) is 0 Å². The van der Waals surface area contributed by atoms with Crippen LogP contribution in [0.4, 0.5) is 0 Å². The molecule has 12 rings (SSSR count). The van der Waals surface area contributed by atoms with E-state index in [1.54, 1.807) is 0 Å². The van der Waals surface area contributed by atoms with E-state index in [9.17, 15) is 0 Å². The Morgan fingerprint density at radius 1 is 0.219 bits per heavy atom. The lowest BCUT2D eigenvalue weighted by molar-refractivity contribution is 1.18. The smallest absolute Gasteiger partial charge is 0.160 e. The molecule has 6 aromatic carbocycles. The number of hydrogen-bond donors (Lipinski definition) is 0. The molecule has 0 unspecified atom stereocenters. The van der Waals surface area contributed by atoms with Gasteiger partial charge in [-0.1, -0.05) is 121 Å². The number of aromatic nitrogens is 8. The Kier molecular flexibility index (Phi) is 8.97. The van der Waals surface area contributed by atoms with Crippen LogP contribution in [0.15, 0.2) is 207 Å². The summed E-state index contributed by atoms with van der Waals surface area (Å²) < 4.78 is 0. The van der Waals surface area contributed by atoms with Gasteiger partial charge in [-0.2, -0.15) is 0 Å². The third kappa shape index (κ3) is 7.04. The molecular weight excluding hydrogens is 785 g/mol. The first-order chi connectivity index (χ1) is 31.6. The summed E-state index contributed by atoms with van der Waals surface area (Å²) in [4.78, 5) is 39.4. The molecular formula is C56H34N8. The van der Waals surface area contributed by atoms with Crippen LogP contribution in [0.2, 0.25) is 0 Å². The highest BCUT2D eigenvalue weighted by atomic mass is 14.9. The van der Waals surface area contributed by atoms with Gasteiger partial charge in [-0.05, 0) is 71.8 Å². The summed E-state index contributed by atoms with van der Waals surface area (Å²) in [5.41, 5.74) is 14.5. The molecule has 0 aliphatic heterocycles. The molecule has 0 saturated carbocycles. The quantitative estimate of drug-likeness (QED) is 0.157. The molecule has 64 heavy (non-hydrogen) atoms. The summed E-state index contributed by atoms with van der Waals surface area (Å²) in [5.74, 6) is 1.23. The molecule has 0 aliphatic carbocycles. The van der Waals surface area contributed by atoms with Gasteiger partial charge in [0, 0.05) is 79.7 Å². The molecule has 0 aliphatic rings. The maximum atomic E-state index is 5.11. The Hall–Kier alpha value is -8.88. The minimum atomic E-state index is 0.617. The lowest BCUT2D eigenvalue weighted by Crippen LogP contribution is -1.97. The van der Waals surface area contributed by atoms with Crippen molar-refractivity contribution in [3.8, 4) is 78.9 Å². The van der Waals surface area contributed by atoms with Gasteiger partial charge in [0.25, 0.3) is 0 Å². The van der Waals surface area contributed by atoms with E-state index in [0.717, 1.165) is 111 Å². The average Bonchev–Trinajstić information content (AvgIpc) is 3.38. The molecule has 0 radical (unpaired) electrons. The van der Waals surface area contributed by atoms with Crippen LogP contribution < -0.4 is 0 Å². The molecule has 6 heterocycles. The zero-order valence-corrected chi connectivity index (χ0v) is 34.2. The van der Waals surface area contributed by atoms with Crippen molar-refractivity contribution < 1.29 is 0 Å². The Morgan fingerprint density at radius 2 is 0.469 bits per heavy atom. The van der Waals surface area contributed by atoms with Crippen LogP contribution >= 0.6 is 0 Å². The predicted octanol–water partition coefficient (Wildman–Crippen LogP) is 13.1. The third-order valence-electron chi connectivity index (χ3n) is 11.6. The highest BCUT2D eigenvalue weighted by molar-refractivity contribution is 5.88. The van der Waals surface area contributed by atoms with E-state index in [4.69, 9.17) is 39.9 Å². The summed E-state index contributed by atoms with van der Waals surface area (Å²) in [7, 11) is 0. The lowest BCUT2D eigenvalue weighted by Gasteiger charge is -2.11. The van der Waals surface area contributed by atoms with E-state index in [1.807, 2.05) is 110 Å². The highest BCUT2D eigenvalue weighted by Crippen LogP contribution is 2.33. The Bertz CT molecular complexity index is 3290. The molecule has 0 N–H and O–H groups in total. The van der Waals surface area contributed by atoms with E-state index in [0.29, 0.717) is 11.6 Å². The van der Waals surface area contributed by atoms with Crippen molar-refractivity contribution in [3.05, 3.63) is 207 Å². The van der Waals surface area contributed by atoms with E-state index in [1.165, 1.54) is 0 Å². The second kappa shape index (κ2) is 15.5. The van der Waals surface area contributed by atoms with Crippen LogP contribution in [0.5, 0.6) is 0 Å². The van der Waals surface area contributed by atoms with Gasteiger partial charge in [0.15, 0.2) is 11.6 Å². The second-order valence-corrected chi connectivity index (χ2v) is 15.7. The number of rotatable bonds is 7. The summed E-state index contributed by atoms with van der Waals surface area (Å²) in [5, 5.41) is 4.20. The molecule has 6 aromatic heterocycles. The highest BCUT2D eigenvalue weighted by Gasteiger charge is 2.15. The molecule has 0 bridgehead atoms. The first kappa shape index (κ1) is 36.9. The Balaban J connectivity index is 0.894. The normalized spacial score (nSPS) is 11.4.